The van der Waals surface area contributed by atoms with Crippen LogP contribution in [0.25, 0.3) is 22.1 Å². The van der Waals surface area contributed by atoms with Crippen molar-refractivity contribution < 1.29 is 9.21 Å². The average Bonchev–Trinajstić information content (AvgIpc) is 2.47. The Kier molecular flexibility index (Phi) is 3.28. The van der Waals surface area contributed by atoms with Crippen LogP contribution >= 0.6 is 0 Å². The Morgan fingerprint density at radius 3 is 2.48 bits per heavy atom. The molecule has 1 amide bonds. The number of carbonyl (C=O) groups excluding carboxylic acids is 1. The molecule has 0 radical (unpaired) electrons. The molecule has 0 fully saturated rings. The first-order chi connectivity index (χ1) is 10.1. The summed E-state index contributed by atoms with van der Waals surface area (Å²) in [6, 6.07) is 16.3. The third-order valence-electron chi connectivity index (χ3n) is 3.16. The monoisotopic (exact) mass is 279 g/mol. The van der Waals surface area contributed by atoms with E-state index in [-0.39, 0.29) is 11.5 Å². The Labute approximate surface area is 121 Å². The number of para-hydroxylation sites is 1. The van der Waals surface area contributed by atoms with Crippen molar-refractivity contribution >= 4 is 22.6 Å². The van der Waals surface area contributed by atoms with Crippen LogP contribution in [0.4, 0.5) is 5.69 Å². The maximum atomic E-state index is 12.1. The molecule has 3 rings (SSSR count). The minimum absolute atomic E-state index is 0.132. The summed E-state index contributed by atoms with van der Waals surface area (Å²) in [7, 11) is 0. The summed E-state index contributed by atoms with van der Waals surface area (Å²) in [5.74, 6) is -0.132. The molecule has 1 aromatic heterocycles. The number of anilines is 1. The molecule has 0 atom stereocenters. The van der Waals surface area contributed by atoms with Crippen molar-refractivity contribution in [2.75, 3.05) is 5.32 Å². The van der Waals surface area contributed by atoms with E-state index in [1.54, 1.807) is 30.3 Å². The molecule has 21 heavy (non-hydrogen) atoms. The number of benzene rings is 2. The smallest absolute Gasteiger partial charge is 0.344 e. The minimum atomic E-state index is -0.374. The van der Waals surface area contributed by atoms with Gasteiger partial charge in [0.05, 0.1) is 5.56 Å². The van der Waals surface area contributed by atoms with Gasteiger partial charge in [-0.3, -0.25) is 4.79 Å². The van der Waals surface area contributed by atoms with E-state index in [1.165, 1.54) is 6.92 Å². The fourth-order valence-electron chi connectivity index (χ4n) is 2.20. The second-order valence-corrected chi connectivity index (χ2v) is 4.74. The number of rotatable bonds is 2. The Morgan fingerprint density at radius 1 is 1.05 bits per heavy atom. The zero-order chi connectivity index (χ0) is 14.8. The van der Waals surface area contributed by atoms with E-state index in [1.807, 2.05) is 24.3 Å². The van der Waals surface area contributed by atoms with Crippen molar-refractivity contribution in [3.8, 4) is 11.1 Å². The second kappa shape index (κ2) is 5.25. The van der Waals surface area contributed by atoms with Crippen LogP contribution in [0.5, 0.6) is 0 Å². The van der Waals surface area contributed by atoms with Gasteiger partial charge in [-0.2, -0.15) is 0 Å². The lowest BCUT2D eigenvalue weighted by atomic mass is 10.1. The summed E-state index contributed by atoms with van der Waals surface area (Å²) in [6.07, 6.45) is 0. The zero-order valence-electron chi connectivity index (χ0n) is 11.4. The van der Waals surface area contributed by atoms with Gasteiger partial charge in [0.25, 0.3) is 0 Å². The van der Waals surface area contributed by atoms with Crippen molar-refractivity contribution in [3.63, 3.8) is 0 Å². The fraction of sp³-hybridized carbons (Fsp3) is 0.0588. The lowest BCUT2D eigenvalue weighted by Gasteiger charge is -2.05. The van der Waals surface area contributed by atoms with E-state index in [0.717, 1.165) is 10.9 Å². The van der Waals surface area contributed by atoms with E-state index < -0.39 is 0 Å². The molecule has 1 heterocycles. The molecule has 4 heteroatoms. The maximum absolute atomic E-state index is 12.1. The summed E-state index contributed by atoms with van der Waals surface area (Å²) in [5.41, 5.74) is 2.14. The fourth-order valence-corrected chi connectivity index (χ4v) is 2.20. The number of carbonyl (C=O) groups is 1. The van der Waals surface area contributed by atoms with Crippen LogP contribution < -0.4 is 10.9 Å². The first-order valence-corrected chi connectivity index (χ1v) is 6.54. The summed E-state index contributed by atoms with van der Waals surface area (Å²) >= 11 is 0. The Bertz CT molecular complexity index is 863. The standard InChI is InChI=1S/C17H13NO3/c1-11(19)18-14-8-6-12(7-9-14)15-10-13-4-2-3-5-16(13)21-17(15)20/h2-10H,1H3,(H,18,19). The first kappa shape index (κ1) is 13.1. The van der Waals surface area contributed by atoms with Crippen LogP contribution in [-0.4, -0.2) is 5.91 Å². The van der Waals surface area contributed by atoms with Crippen molar-refractivity contribution in [3.05, 3.63) is 65.0 Å². The maximum Gasteiger partial charge on any atom is 0.344 e. The predicted octanol–water partition coefficient (Wildman–Crippen LogP) is 3.42. The predicted molar refractivity (Wildman–Crippen MR) is 82.2 cm³/mol. The SMILES string of the molecule is CC(=O)Nc1ccc(-c2cc3ccccc3oc2=O)cc1. The van der Waals surface area contributed by atoms with Gasteiger partial charge in [0, 0.05) is 18.0 Å². The molecule has 3 aromatic rings. The quantitative estimate of drug-likeness (QED) is 0.731. The molecule has 0 spiro atoms. The molecule has 1 N–H and O–H groups in total. The van der Waals surface area contributed by atoms with E-state index in [4.69, 9.17) is 4.42 Å². The van der Waals surface area contributed by atoms with Gasteiger partial charge in [0.2, 0.25) is 5.91 Å². The van der Waals surface area contributed by atoms with E-state index in [0.29, 0.717) is 16.8 Å². The van der Waals surface area contributed by atoms with Crippen LogP contribution in [0.2, 0.25) is 0 Å². The highest BCUT2D eigenvalue weighted by molar-refractivity contribution is 5.89. The van der Waals surface area contributed by atoms with Gasteiger partial charge < -0.3 is 9.73 Å². The minimum Gasteiger partial charge on any atom is -0.422 e. The van der Waals surface area contributed by atoms with Crippen LogP contribution in [0.3, 0.4) is 0 Å². The third kappa shape index (κ3) is 2.69. The van der Waals surface area contributed by atoms with Crippen molar-refractivity contribution in [1.29, 1.82) is 0 Å². The number of nitrogens with one attached hydrogen (secondary N) is 1. The van der Waals surface area contributed by atoms with Gasteiger partial charge in [-0.15, -0.1) is 0 Å². The normalized spacial score (nSPS) is 10.5. The lowest BCUT2D eigenvalue weighted by Crippen LogP contribution is -2.06. The number of amides is 1. The molecule has 0 aliphatic heterocycles. The van der Waals surface area contributed by atoms with Gasteiger partial charge in [0.1, 0.15) is 5.58 Å². The molecule has 0 saturated heterocycles. The molecule has 0 aliphatic carbocycles. The summed E-state index contributed by atoms with van der Waals surface area (Å²) in [4.78, 5) is 23.1. The molecule has 0 bridgehead atoms. The Hall–Kier alpha value is -2.88. The van der Waals surface area contributed by atoms with Crippen LogP contribution in [0.15, 0.2) is 63.8 Å². The van der Waals surface area contributed by atoms with Crippen LogP contribution in [0, 0.1) is 0 Å². The third-order valence-corrected chi connectivity index (χ3v) is 3.16. The Morgan fingerprint density at radius 2 is 1.76 bits per heavy atom. The first-order valence-electron chi connectivity index (χ1n) is 6.54. The largest absolute Gasteiger partial charge is 0.422 e. The van der Waals surface area contributed by atoms with Gasteiger partial charge in [-0.05, 0) is 29.8 Å². The molecule has 0 unspecified atom stereocenters. The summed E-state index contributed by atoms with van der Waals surface area (Å²) in [5, 5.41) is 3.56. The van der Waals surface area contributed by atoms with E-state index >= 15 is 0 Å². The van der Waals surface area contributed by atoms with Crippen molar-refractivity contribution in [2.24, 2.45) is 0 Å². The van der Waals surface area contributed by atoms with Gasteiger partial charge in [-0.25, -0.2) is 4.79 Å². The molecule has 4 nitrogen and oxygen atoms in total. The zero-order valence-corrected chi connectivity index (χ0v) is 11.4. The molecule has 0 aliphatic rings. The van der Waals surface area contributed by atoms with Crippen molar-refractivity contribution in [2.45, 2.75) is 6.92 Å². The summed E-state index contributed by atoms with van der Waals surface area (Å²) < 4.78 is 5.32. The number of fused-ring (bicyclic) bond motifs is 1. The second-order valence-electron chi connectivity index (χ2n) is 4.74. The van der Waals surface area contributed by atoms with Crippen LogP contribution in [0.1, 0.15) is 6.92 Å². The van der Waals surface area contributed by atoms with Gasteiger partial charge in [-0.1, -0.05) is 30.3 Å². The lowest BCUT2D eigenvalue weighted by molar-refractivity contribution is -0.114. The van der Waals surface area contributed by atoms with Gasteiger partial charge in [0.15, 0.2) is 0 Å². The molecule has 2 aromatic carbocycles. The number of hydrogen-bond acceptors (Lipinski definition) is 3. The van der Waals surface area contributed by atoms with Crippen molar-refractivity contribution in [1.82, 2.24) is 0 Å². The Balaban J connectivity index is 2.05. The molecular weight excluding hydrogens is 266 g/mol. The topological polar surface area (TPSA) is 59.3 Å². The highest BCUT2D eigenvalue weighted by Gasteiger charge is 2.07. The molecule has 104 valence electrons. The van der Waals surface area contributed by atoms with Gasteiger partial charge >= 0.3 is 5.63 Å². The van der Waals surface area contributed by atoms with Crippen LogP contribution in [-0.2, 0) is 4.79 Å². The highest BCUT2D eigenvalue weighted by atomic mass is 16.4. The molecular formula is C17H13NO3. The molecule has 0 saturated carbocycles. The number of hydrogen-bond donors (Lipinski definition) is 1. The summed E-state index contributed by atoms with van der Waals surface area (Å²) in [6.45, 7) is 1.45. The van der Waals surface area contributed by atoms with E-state index in [2.05, 4.69) is 5.32 Å². The van der Waals surface area contributed by atoms with E-state index in [9.17, 15) is 9.59 Å². The average molecular weight is 279 g/mol. The highest BCUT2D eigenvalue weighted by Crippen LogP contribution is 2.22.